The van der Waals surface area contributed by atoms with Crippen molar-refractivity contribution in [2.45, 2.75) is 0 Å². The highest BCUT2D eigenvalue weighted by Crippen LogP contribution is 2.27. The lowest BCUT2D eigenvalue weighted by atomic mass is 10.2. The van der Waals surface area contributed by atoms with E-state index >= 15 is 0 Å². The van der Waals surface area contributed by atoms with Crippen molar-refractivity contribution < 1.29 is 28.5 Å². The van der Waals surface area contributed by atoms with Crippen molar-refractivity contribution >= 4 is 18.1 Å². The monoisotopic (exact) mass is 434 g/mol. The van der Waals surface area contributed by atoms with Gasteiger partial charge in [-0.05, 0) is 60.2 Å². The molecule has 0 fully saturated rings. The Hall–Kier alpha value is -4.33. The average Bonchev–Trinajstić information content (AvgIpc) is 2.83. The number of nitrogens with zero attached hydrogens (tertiary/aromatic N) is 1. The third kappa shape index (κ3) is 5.63. The van der Waals surface area contributed by atoms with Gasteiger partial charge in [0.25, 0.3) is 5.91 Å². The van der Waals surface area contributed by atoms with Crippen LogP contribution in [0.4, 0.5) is 0 Å². The van der Waals surface area contributed by atoms with Crippen molar-refractivity contribution in [2.75, 3.05) is 21.3 Å². The molecule has 32 heavy (non-hydrogen) atoms. The summed E-state index contributed by atoms with van der Waals surface area (Å²) >= 11 is 0. The van der Waals surface area contributed by atoms with Crippen LogP contribution in [0.3, 0.4) is 0 Å². The number of hydrogen-bond donors (Lipinski definition) is 1. The number of nitrogens with one attached hydrogen (secondary N) is 1. The van der Waals surface area contributed by atoms with Crippen LogP contribution in [-0.4, -0.2) is 39.4 Å². The lowest BCUT2D eigenvalue weighted by Gasteiger charge is -2.08. The molecule has 0 atom stereocenters. The molecule has 0 spiro atoms. The van der Waals surface area contributed by atoms with E-state index < -0.39 is 11.9 Å². The minimum absolute atomic E-state index is 0.348. The van der Waals surface area contributed by atoms with E-state index in [4.69, 9.17) is 18.9 Å². The van der Waals surface area contributed by atoms with E-state index in [-0.39, 0.29) is 0 Å². The van der Waals surface area contributed by atoms with Gasteiger partial charge in [-0.25, -0.2) is 10.2 Å². The number of methoxy groups -OCH3 is 3. The van der Waals surface area contributed by atoms with Crippen LogP contribution in [0.15, 0.2) is 71.8 Å². The van der Waals surface area contributed by atoms with Gasteiger partial charge in [0.05, 0.1) is 33.1 Å². The molecule has 8 nitrogen and oxygen atoms in total. The zero-order valence-corrected chi connectivity index (χ0v) is 17.8. The maximum absolute atomic E-state index is 12.3. The van der Waals surface area contributed by atoms with Crippen molar-refractivity contribution in [3.8, 4) is 23.0 Å². The van der Waals surface area contributed by atoms with Crippen molar-refractivity contribution in [1.82, 2.24) is 5.43 Å². The molecule has 3 aromatic rings. The molecule has 0 aromatic heterocycles. The van der Waals surface area contributed by atoms with Crippen LogP contribution in [0.2, 0.25) is 0 Å². The van der Waals surface area contributed by atoms with E-state index in [0.717, 1.165) is 0 Å². The number of hydrogen-bond acceptors (Lipinski definition) is 7. The molecule has 1 N–H and O–H groups in total. The number of amides is 1. The van der Waals surface area contributed by atoms with Crippen molar-refractivity contribution in [3.63, 3.8) is 0 Å². The Morgan fingerprint density at radius 3 is 2.19 bits per heavy atom. The number of hydrazone groups is 1. The van der Waals surface area contributed by atoms with Gasteiger partial charge < -0.3 is 18.9 Å². The Balaban J connectivity index is 1.62. The number of carbonyl (C=O) groups is 2. The third-order valence-corrected chi connectivity index (χ3v) is 4.42. The Morgan fingerprint density at radius 2 is 1.50 bits per heavy atom. The molecular weight excluding hydrogens is 412 g/mol. The molecule has 8 heteroatoms. The lowest BCUT2D eigenvalue weighted by Crippen LogP contribution is -2.17. The molecule has 0 radical (unpaired) electrons. The second-order valence-corrected chi connectivity index (χ2v) is 6.46. The highest BCUT2D eigenvalue weighted by Gasteiger charge is 2.11. The topological polar surface area (TPSA) is 95.5 Å². The molecule has 0 unspecified atom stereocenters. The van der Waals surface area contributed by atoms with Crippen molar-refractivity contribution in [1.29, 1.82) is 0 Å². The number of esters is 1. The largest absolute Gasteiger partial charge is 0.497 e. The maximum atomic E-state index is 12.3. The molecule has 0 aliphatic rings. The van der Waals surface area contributed by atoms with Gasteiger partial charge in [-0.1, -0.05) is 12.1 Å². The minimum Gasteiger partial charge on any atom is -0.497 e. The van der Waals surface area contributed by atoms with Gasteiger partial charge in [0.2, 0.25) is 0 Å². The molecular formula is C24H22N2O6. The van der Waals surface area contributed by atoms with E-state index in [0.29, 0.717) is 39.7 Å². The second-order valence-electron chi connectivity index (χ2n) is 6.46. The Labute approximate surface area is 185 Å². The average molecular weight is 434 g/mol. The van der Waals surface area contributed by atoms with Crippen molar-refractivity contribution in [3.05, 3.63) is 83.4 Å². The van der Waals surface area contributed by atoms with E-state index in [2.05, 4.69) is 10.5 Å². The fraction of sp³-hybridized carbons (Fsp3) is 0.125. The van der Waals surface area contributed by atoms with Crippen LogP contribution in [0.25, 0.3) is 0 Å². The number of carbonyl (C=O) groups excluding carboxylic acids is 2. The Morgan fingerprint density at radius 1 is 0.781 bits per heavy atom. The van der Waals surface area contributed by atoms with Crippen LogP contribution >= 0.6 is 0 Å². The van der Waals surface area contributed by atoms with E-state index in [1.807, 2.05) is 0 Å². The highest BCUT2D eigenvalue weighted by atomic mass is 16.5. The molecule has 0 saturated carbocycles. The van der Waals surface area contributed by atoms with Gasteiger partial charge in [-0.3, -0.25) is 4.79 Å². The van der Waals surface area contributed by atoms with Crippen LogP contribution < -0.4 is 24.4 Å². The number of benzene rings is 3. The van der Waals surface area contributed by atoms with E-state index in [9.17, 15) is 9.59 Å². The summed E-state index contributed by atoms with van der Waals surface area (Å²) in [5.41, 5.74) is 3.84. The first kappa shape index (κ1) is 22.4. The van der Waals surface area contributed by atoms with E-state index in [1.54, 1.807) is 73.8 Å². The highest BCUT2D eigenvalue weighted by molar-refractivity contribution is 5.95. The molecule has 1 amide bonds. The summed E-state index contributed by atoms with van der Waals surface area (Å²) in [4.78, 5) is 24.6. The van der Waals surface area contributed by atoms with Gasteiger partial charge in [-0.2, -0.15) is 5.10 Å². The first-order valence-corrected chi connectivity index (χ1v) is 9.55. The summed E-state index contributed by atoms with van der Waals surface area (Å²) in [6.45, 7) is 0. The molecule has 3 rings (SSSR count). The third-order valence-electron chi connectivity index (χ3n) is 4.42. The van der Waals surface area contributed by atoms with Gasteiger partial charge in [0.1, 0.15) is 11.5 Å². The van der Waals surface area contributed by atoms with Gasteiger partial charge in [0, 0.05) is 5.56 Å². The predicted molar refractivity (Wildman–Crippen MR) is 119 cm³/mol. The standard InChI is InChI=1S/C24H22N2O6/c1-29-19-10-7-17(8-11-19)24(28)32-20-6-4-5-16(13-20)15-25-26-23(27)18-9-12-21(30-2)22(14-18)31-3/h4-15H,1-3H3,(H,26,27)/b25-15+. The zero-order valence-electron chi connectivity index (χ0n) is 17.8. The molecule has 0 bridgehead atoms. The molecule has 0 aliphatic carbocycles. The first-order chi connectivity index (χ1) is 15.5. The lowest BCUT2D eigenvalue weighted by molar-refractivity contribution is 0.0734. The second kappa shape index (κ2) is 10.6. The van der Waals surface area contributed by atoms with Crippen LogP contribution in [0.1, 0.15) is 26.3 Å². The van der Waals surface area contributed by atoms with Crippen LogP contribution in [0.5, 0.6) is 23.0 Å². The fourth-order valence-corrected chi connectivity index (χ4v) is 2.76. The SMILES string of the molecule is COc1ccc(C(=O)Oc2cccc(/C=N/NC(=O)c3ccc(OC)c(OC)c3)c2)cc1. The minimum atomic E-state index is -0.497. The van der Waals surface area contributed by atoms with Gasteiger partial charge in [0.15, 0.2) is 11.5 Å². The Kier molecular flexibility index (Phi) is 7.42. The quantitative estimate of drug-likeness (QED) is 0.251. The molecule has 0 aliphatic heterocycles. The summed E-state index contributed by atoms with van der Waals surface area (Å²) in [7, 11) is 4.56. The number of ether oxygens (including phenoxy) is 4. The summed E-state index contributed by atoms with van der Waals surface area (Å²) in [5.74, 6) is 1.05. The fourth-order valence-electron chi connectivity index (χ4n) is 2.76. The first-order valence-electron chi connectivity index (χ1n) is 9.55. The molecule has 3 aromatic carbocycles. The van der Waals surface area contributed by atoms with Crippen LogP contribution in [-0.2, 0) is 0 Å². The Bertz CT molecular complexity index is 1130. The zero-order chi connectivity index (χ0) is 22.9. The van der Waals surface area contributed by atoms with Gasteiger partial charge >= 0.3 is 5.97 Å². The molecule has 164 valence electrons. The molecule has 0 heterocycles. The summed E-state index contributed by atoms with van der Waals surface area (Å²) in [6, 6.07) is 18.2. The summed E-state index contributed by atoms with van der Waals surface area (Å²) in [6.07, 6.45) is 1.45. The maximum Gasteiger partial charge on any atom is 0.343 e. The predicted octanol–water partition coefficient (Wildman–Crippen LogP) is 3.70. The smallest absolute Gasteiger partial charge is 0.343 e. The van der Waals surface area contributed by atoms with Crippen molar-refractivity contribution in [2.24, 2.45) is 5.10 Å². The molecule has 0 saturated heterocycles. The number of rotatable bonds is 8. The summed E-state index contributed by atoms with van der Waals surface area (Å²) < 4.78 is 20.8. The van der Waals surface area contributed by atoms with E-state index in [1.165, 1.54) is 20.4 Å². The normalized spacial score (nSPS) is 10.5. The van der Waals surface area contributed by atoms with Gasteiger partial charge in [-0.15, -0.1) is 0 Å². The van der Waals surface area contributed by atoms with Crippen LogP contribution in [0, 0.1) is 0 Å². The summed E-state index contributed by atoms with van der Waals surface area (Å²) in [5, 5.41) is 3.96.